The average molecular weight is 354 g/mol. The maximum Gasteiger partial charge on any atom is 0.234 e. The Morgan fingerprint density at radius 3 is 2.74 bits per heavy atom. The Labute approximate surface area is 141 Å². The first-order valence-electron chi connectivity index (χ1n) is 6.89. The molecule has 1 amide bonds. The van der Waals surface area contributed by atoms with Gasteiger partial charge in [0.05, 0.1) is 10.8 Å². The molecule has 0 saturated carbocycles. The predicted molar refractivity (Wildman–Crippen MR) is 88.2 cm³/mol. The van der Waals surface area contributed by atoms with Gasteiger partial charge in [-0.05, 0) is 30.3 Å². The highest BCUT2D eigenvalue weighted by atomic mass is 35.5. The van der Waals surface area contributed by atoms with Gasteiger partial charge in [-0.3, -0.25) is 4.79 Å². The summed E-state index contributed by atoms with van der Waals surface area (Å²) in [6, 6.07) is 9.61. The number of amides is 1. The number of anilines is 1. The van der Waals surface area contributed by atoms with Gasteiger partial charge in [-0.25, -0.2) is 4.39 Å². The summed E-state index contributed by atoms with van der Waals surface area (Å²) in [5, 5.41) is 2.83. The molecule has 0 unspecified atom stereocenters. The molecule has 7 heteroatoms. The van der Waals surface area contributed by atoms with E-state index in [2.05, 4.69) is 5.32 Å². The van der Waals surface area contributed by atoms with E-state index in [9.17, 15) is 9.18 Å². The van der Waals surface area contributed by atoms with E-state index in [-0.39, 0.29) is 16.7 Å². The van der Waals surface area contributed by atoms with Crippen molar-refractivity contribution in [1.29, 1.82) is 0 Å². The van der Waals surface area contributed by atoms with Crippen LogP contribution in [-0.2, 0) is 4.79 Å². The van der Waals surface area contributed by atoms with Crippen molar-refractivity contribution >= 4 is 35.0 Å². The summed E-state index contributed by atoms with van der Waals surface area (Å²) < 4.78 is 24.0. The quantitative estimate of drug-likeness (QED) is 0.844. The molecule has 0 radical (unpaired) electrons. The standard InChI is InChI=1S/C16H13ClFNO3S/c17-12-8-11(2-3-13(12)18)23-9-16(20)19-10-1-4-14-15(7-10)22-6-5-21-14/h1-4,7-8H,5-6,9H2,(H,19,20). The molecule has 4 nitrogen and oxygen atoms in total. The number of carbonyl (C=O) groups excluding carboxylic acids is 1. The van der Waals surface area contributed by atoms with Gasteiger partial charge in [-0.2, -0.15) is 0 Å². The Bertz CT molecular complexity index is 741. The number of thioether (sulfide) groups is 1. The third-order valence-electron chi connectivity index (χ3n) is 3.09. The Hall–Kier alpha value is -1.92. The normalized spacial score (nSPS) is 12.8. The number of hydrogen-bond acceptors (Lipinski definition) is 4. The summed E-state index contributed by atoms with van der Waals surface area (Å²) in [6.07, 6.45) is 0. The number of halogens is 2. The van der Waals surface area contributed by atoms with Gasteiger partial charge in [0.2, 0.25) is 5.91 Å². The molecule has 0 bridgehead atoms. The van der Waals surface area contributed by atoms with Crippen LogP contribution < -0.4 is 14.8 Å². The number of rotatable bonds is 4. The first-order valence-corrected chi connectivity index (χ1v) is 8.25. The summed E-state index contributed by atoms with van der Waals surface area (Å²) in [7, 11) is 0. The lowest BCUT2D eigenvalue weighted by molar-refractivity contribution is -0.113. The van der Waals surface area contributed by atoms with Crippen molar-refractivity contribution in [2.75, 3.05) is 24.3 Å². The highest BCUT2D eigenvalue weighted by Crippen LogP contribution is 2.32. The van der Waals surface area contributed by atoms with E-state index >= 15 is 0 Å². The number of benzene rings is 2. The van der Waals surface area contributed by atoms with Crippen LogP contribution >= 0.6 is 23.4 Å². The fraction of sp³-hybridized carbons (Fsp3) is 0.188. The minimum Gasteiger partial charge on any atom is -0.486 e. The van der Waals surface area contributed by atoms with Crippen LogP contribution in [0.2, 0.25) is 5.02 Å². The molecular formula is C16H13ClFNO3S. The summed E-state index contributed by atoms with van der Waals surface area (Å²) >= 11 is 6.99. The van der Waals surface area contributed by atoms with Gasteiger partial charge in [0, 0.05) is 16.6 Å². The zero-order valence-electron chi connectivity index (χ0n) is 12.0. The fourth-order valence-corrected chi connectivity index (χ4v) is 3.01. The summed E-state index contributed by atoms with van der Waals surface area (Å²) in [6.45, 7) is 1.02. The van der Waals surface area contributed by atoms with Crippen molar-refractivity contribution in [2.45, 2.75) is 4.90 Å². The molecule has 2 aromatic rings. The lowest BCUT2D eigenvalue weighted by Gasteiger charge is -2.19. The van der Waals surface area contributed by atoms with Crippen LogP contribution in [0.5, 0.6) is 11.5 Å². The van der Waals surface area contributed by atoms with Crippen molar-refractivity contribution in [3.05, 3.63) is 47.2 Å². The van der Waals surface area contributed by atoms with Crippen molar-refractivity contribution in [3.63, 3.8) is 0 Å². The van der Waals surface area contributed by atoms with Crippen LogP contribution in [0.4, 0.5) is 10.1 Å². The summed E-state index contributed by atoms with van der Waals surface area (Å²) in [4.78, 5) is 12.7. The highest BCUT2D eigenvalue weighted by Gasteiger charge is 2.13. The Morgan fingerprint density at radius 2 is 1.96 bits per heavy atom. The Kier molecular flexibility index (Phi) is 4.93. The van der Waals surface area contributed by atoms with Crippen molar-refractivity contribution in [2.24, 2.45) is 0 Å². The monoisotopic (exact) mass is 353 g/mol. The average Bonchev–Trinajstić information content (AvgIpc) is 2.56. The van der Waals surface area contributed by atoms with Crippen LogP contribution in [0.25, 0.3) is 0 Å². The van der Waals surface area contributed by atoms with Gasteiger partial charge >= 0.3 is 0 Å². The molecule has 0 fully saturated rings. The number of fused-ring (bicyclic) bond motifs is 1. The highest BCUT2D eigenvalue weighted by molar-refractivity contribution is 8.00. The molecule has 1 N–H and O–H groups in total. The Morgan fingerprint density at radius 1 is 1.17 bits per heavy atom. The SMILES string of the molecule is O=C(CSc1ccc(F)c(Cl)c1)Nc1ccc2c(c1)OCCO2. The van der Waals surface area contributed by atoms with Crippen molar-refractivity contribution in [3.8, 4) is 11.5 Å². The zero-order chi connectivity index (χ0) is 16.2. The number of nitrogens with one attached hydrogen (secondary N) is 1. The topological polar surface area (TPSA) is 47.6 Å². The van der Waals surface area contributed by atoms with Crippen LogP contribution in [0.15, 0.2) is 41.3 Å². The Balaban J connectivity index is 1.57. The molecule has 23 heavy (non-hydrogen) atoms. The lowest BCUT2D eigenvalue weighted by Crippen LogP contribution is -2.17. The van der Waals surface area contributed by atoms with Crippen LogP contribution in [0, 0.1) is 5.82 Å². The third kappa shape index (κ3) is 4.09. The van der Waals surface area contributed by atoms with E-state index < -0.39 is 5.82 Å². The smallest absolute Gasteiger partial charge is 0.234 e. The van der Waals surface area contributed by atoms with Gasteiger partial charge in [0.15, 0.2) is 11.5 Å². The number of hydrogen-bond donors (Lipinski definition) is 1. The van der Waals surface area contributed by atoms with Crippen LogP contribution in [0.3, 0.4) is 0 Å². The maximum atomic E-state index is 13.1. The summed E-state index contributed by atoms with van der Waals surface area (Å²) in [5.74, 6) is 0.830. The largest absolute Gasteiger partial charge is 0.486 e. The van der Waals surface area contributed by atoms with Crippen molar-refractivity contribution in [1.82, 2.24) is 0 Å². The lowest BCUT2D eigenvalue weighted by atomic mass is 10.2. The van der Waals surface area contributed by atoms with Gasteiger partial charge in [0.25, 0.3) is 0 Å². The molecule has 0 aromatic heterocycles. The molecular weight excluding hydrogens is 341 g/mol. The maximum absolute atomic E-state index is 13.1. The molecule has 1 heterocycles. The minimum absolute atomic E-state index is 0.0437. The van der Waals surface area contributed by atoms with Crippen LogP contribution in [0.1, 0.15) is 0 Å². The third-order valence-corrected chi connectivity index (χ3v) is 4.37. The van der Waals surface area contributed by atoms with E-state index in [1.807, 2.05) is 0 Å². The minimum atomic E-state index is -0.475. The summed E-state index contributed by atoms with van der Waals surface area (Å²) in [5.41, 5.74) is 0.636. The van der Waals surface area contributed by atoms with Crippen molar-refractivity contribution < 1.29 is 18.7 Å². The van der Waals surface area contributed by atoms with E-state index in [1.165, 1.54) is 23.9 Å². The fourth-order valence-electron chi connectivity index (χ4n) is 2.03. The number of ether oxygens (including phenoxy) is 2. The first-order chi connectivity index (χ1) is 11.1. The predicted octanol–water partition coefficient (Wildman–Crippen LogP) is 3.98. The molecule has 0 atom stereocenters. The first kappa shape index (κ1) is 16.0. The molecule has 120 valence electrons. The van der Waals surface area contributed by atoms with Crippen LogP contribution in [-0.4, -0.2) is 24.9 Å². The molecule has 1 aliphatic heterocycles. The molecule has 0 aliphatic carbocycles. The second-order valence-corrected chi connectivity index (χ2v) is 6.23. The van der Waals surface area contributed by atoms with E-state index in [1.54, 1.807) is 24.3 Å². The molecule has 0 saturated heterocycles. The van der Waals surface area contributed by atoms with Gasteiger partial charge < -0.3 is 14.8 Å². The van der Waals surface area contributed by atoms with Gasteiger partial charge in [-0.15, -0.1) is 11.8 Å². The van der Waals surface area contributed by atoms with Gasteiger partial charge in [0.1, 0.15) is 19.0 Å². The molecule has 3 rings (SSSR count). The molecule has 1 aliphatic rings. The van der Waals surface area contributed by atoms with E-state index in [0.717, 1.165) is 4.90 Å². The van der Waals surface area contributed by atoms with E-state index in [4.69, 9.17) is 21.1 Å². The second kappa shape index (κ2) is 7.10. The van der Waals surface area contributed by atoms with E-state index in [0.29, 0.717) is 30.4 Å². The second-order valence-electron chi connectivity index (χ2n) is 4.77. The molecule has 2 aromatic carbocycles. The zero-order valence-corrected chi connectivity index (χ0v) is 13.5. The molecule has 0 spiro atoms. The number of carbonyl (C=O) groups is 1. The van der Waals surface area contributed by atoms with Gasteiger partial charge in [-0.1, -0.05) is 11.6 Å².